The van der Waals surface area contributed by atoms with Crippen molar-refractivity contribution in [3.63, 3.8) is 0 Å². The highest BCUT2D eigenvalue weighted by Crippen LogP contribution is 2.28. The minimum absolute atomic E-state index is 0.235. The molecule has 0 spiro atoms. The Morgan fingerprint density at radius 2 is 1.93 bits per heavy atom. The van der Waals surface area contributed by atoms with Crippen LogP contribution in [0.5, 0.6) is 5.75 Å². The summed E-state index contributed by atoms with van der Waals surface area (Å²) in [5.41, 5.74) is -0.224. The third-order valence-corrected chi connectivity index (χ3v) is 4.57. The quantitative estimate of drug-likeness (QED) is 0.477. The zero-order valence-electron chi connectivity index (χ0n) is 14.4. The molecule has 2 aromatic carbocycles. The van der Waals surface area contributed by atoms with Gasteiger partial charge >= 0.3 is 5.97 Å². The van der Waals surface area contributed by atoms with E-state index in [-0.39, 0.29) is 10.7 Å². The SMILES string of the molecule is COc1ccc(-c2csc(NC(=O)c3cccc([N+](=O)[O-])c3C(=O)O)n2)cc1. The van der Waals surface area contributed by atoms with E-state index in [1.165, 1.54) is 12.1 Å². The number of carboxylic acid groups (broad SMARTS) is 1. The van der Waals surface area contributed by atoms with Gasteiger partial charge in [0.05, 0.1) is 23.3 Å². The van der Waals surface area contributed by atoms with Crippen molar-refractivity contribution >= 4 is 34.0 Å². The van der Waals surface area contributed by atoms with Crippen molar-refractivity contribution < 1.29 is 24.4 Å². The maximum atomic E-state index is 12.5. The summed E-state index contributed by atoms with van der Waals surface area (Å²) in [5, 5.41) is 24.8. The van der Waals surface area contributed by atoms with Gasteiger partial charge in [-0.05, 0) is 30.3 Å². The molecule has 0 saturated carbocycles. The lowest BCUT2D eigenvalue weighted by molar-refractivity contribution is -0.385. The average Bonchev–Trinajstić information content (AvgIpc) is 3.15. The predicted octanol–water partition coefficient (Wildman–Crippen LogP) is 3.68. The van der Waals surface area contributed by atoms with Crippen molar-refractivity contribution in [2.45, 2.75) is 0 Å². The van der Waals surface area contributed by atoms with Crippen LogP contribution in [0.3, 0.4) is 0 Å². The van der Waals surface area contributed by atoms with Gasteiger partial charge in [0.25, 0.3) is 11.6 Å². The van der Waals surface area contributed by atoms with E-state index in [4.69, 9.17) is 4.74 Å². The van der Waals surface area contributed by atoms with E-state index in [1.807, 2.05) is 12.1 Å². The molecular weight excluding hydrogens is 386 g/mol. The molecule has 0 aliphatic carbocycles. The van der Waals surface area contributed by atoms with Gasteiger partial charge in [-0.1, -0.05) is 6.07 Å². The topological polar surface area (TPSA) is 132 Å². The number of methoxy groups -OCH3 is 1. The molecule has 0 fully saturated rings. The molecule has 3 rings (SSSR count). The molecule has 0 unspecified atom stereocenters. The summed E-state index contributed by atoms with van der Waals surface area (Å²) in [4.78, 5) is 38.4. The van der Waals surface area contributed by atoms with Crippen molar-refractivity contribution in [2.24, 2.45) is 0 Å². The summed E-state index contributed by atoms with van der Waals surface area (Å²) in [5.74, 6) is -1.66. The molecule has 0 bridgehead atoms. The number of amides is 1. The number of benzene rings is 2. The maximum Gasteiger partial charge on any atom is 0.343 e. The third kappa shape index (κ3) is 3.81. The van der Waals surface area contributed by atoms with Crippen LogP contribution in [0, 0.1) is 10.1 Å². The zero-order valence-corrected chi connectivity index (χ0v) is 15.2. The number of nitro groups is 1. The van der Waals surface area contributed by atoms with Gasteiger partial charge in [0.1, 0.15) is 11.3 Å². The first-order chi connectivity index (χ1) is 13.4. The number of nitrogens with one attached hydrogen (secondary N) is 1. The highest BCUT2D eigenvalue weighted by molar-refractivity contribution is 7.14. The molecule has 1 aromatic heterocycles. The number of carbonyl (C=O) groups is 2. The zero-order chi connectivity index (χ0) is 20.3. The lowest BCUT2D eigenvalue weighted by Crippen LogP contribution is -2.17. The van der Waals surface area contributed by atoms with Gasteiger partial charge in [-0.25, -0.2) is 9.78 Å². The molecule has 142 valence electrons. The molecule has 2 N–H and O–H groups in total. The summed E-state index contributed by atoms with van der Waals surface area (Å²) in [7, 11) is 1.56. The number of carbonyl (C=O) groups excluding carboxylic acids is 1. The van der Waals surface area contributed by atoms with Gasteiger partial charge in [-0.2, -0.15) is 0 Å². The Bertz CT molecular complexity index is 1060. The van der Waals surface area contributed by atoms with Crippen LogP contribution >= 0.6 is 11.3 Å². The standard InChI is InChI=1S/C18H13N3O6S/c1-27-11-7-5-10(6-8-11)13-9-28-18(19-13)20-16(22)12-3-2-4-14(21(25)26)15(12)17(23)24/h2-9H,1H3,(H,23,24)(H,19,20,22). The first kappa shape index (κ1) is 19.0. The Hall–Kier alpha value is -3.79. The minimum Gasteiger partial charge on any atom is -0.497 e. The van der Waals surface area contributed by atoms with Gasteiger partial charge in [0.2, 0.25) is 0 Å². The largest absolute Gasteiger partial charge is 0.497 e. The minimum atomic E-state index is -1.56. The number of nitro benzene ring substituents is 1. The number of ether oxygens (including phenoxy) is 1. The number of aromatic nitrogens is 1. The van der Waals surface area contributed by atoms with E-state index < -0.39 is 28.1 Å². The van der Waals surface area contributed by atoms with Crippen LogP contribution in [0.25, 0.3) is 11.3 Å². The number of thiazole rings is 1. The van der Waals surface area contributed by atoms with E-state index in [2.05, 4.69) is 10.3 Å². The second kappa shape index (κ2) is 7.84. The van der Waals surface area contributed by atoms with Crippen molar-refractivity contribution in [3.8, 4) is 17.0 Å². The van der Waals surface area contributed by atoms with E-state index in [1.54, 1.807) is 24.6 Å². The first-order valence-corrected chi connectivity index (χ1v) is 8.70. The first-order valence-electron chi connectivity index (χ1n) is 7.82. The number of carboxylic acids is 1. The molecule has 9 nitrogen and oxygen atoms in total. The highest BCUT2D eigenvalue weighted by Gasteiger charge is 2.27. The fourth-order valence-electron chi connectivity index (χ4n) is 2.50. The van der Waals surface area contributed by atoms with E-state index in [0.29, 0.717) is 11.4 Å². The Kier molecular flexibility index (Phi) is 5.32. The molecule has 0 aliphatic rings. The number of hydrogen-bond donors (Lipinski definition) is 2. The number of hydrogen-bond acceptors (Lipinski definition) is 7. The van der Waals surface area contributed by atoms with Gasteiger partial charge in [0, 0.05) is 17.0 Å². The molecule has 3 aromatic rings. The molecular formula is C18H13N3O6S. The van der Waals surface area contributed by atoms with Crippen molar-refractivity contribution in [1.29, 1.82) is 0 Å². The third-order valence-electron chi connectivity index (χ3n) is 3.81. The van der Waals surface area contributed by atoms with E-state index in [9.17, 15) is 24.8 Å². The number of nitrogens with zero attached hydrogens (tertiary/aromatic N) is 2. The molecule has 0 radical (unpaired) electrons. The normalized spacial score (nSPS) is 10.3. The molecule has 0 atom stereocenters. The summed E-state index contributed by atoms with van der Waals surface area (Å²) in [6, 6.07) is 10.7. The number of aromatic carboxylic acids is 1. The summed E-state index contributed by atoms with van der Waals surface area (Å²) in [6.45, 7) is 0. The van der Waals surface area contributed by atoms with Crippen molar-refractivity contribution in [1.82, 2.24) is 4.98 Å². The van der Waals surface area contributed by atoms with E-state index >= 15 is 0 Å². The number of anilines is 1. The molecule has 0 saturated heterocycles. The smallest absolute Gasteiger partial charge is 0.343 e. The molecule has 1 heterocycles. The van der Waals surface area contributed by atoms with Crippen LogP contribution in [0.1, 0.15) is 20.7 Å². The fourth-order valence-corrected chi connectivity index (χ4v) is 3.21. The number of rotatable bonds is 6. The second-order valence-electron chi connectivity index (χ2n) is 5.48. The maximum absolute atomic E-state index is 12.5. The lowest BCUT2D eigenvalue weighted by Gasteiger charge is -2.06. The van der Waals surface area contributed by atoms with Crippen LogP contribution in [0.4, 0.5) is 10.8 Å². The molecule has 10 heteroatoms. The lowest BCUT2D eigenvalue weighted by atomic mass is 10.0. The van der Waals surface area contributed by atoms with Crippen molar-refractivity contribution in [3.05, 3.63) is 69.1 Å². The Labute approximate surface area is 162 Å². The van der Waals surface area contributed by atoms with E-state index in [0.717, 1.165) is 23.0 Å². The van der Waals surface area contributed by atoms with Crippen LogP contribution in [-0.4, -0.2) is 34.0 Å². The highest BCUT2D eigenvalue weighted by atomic mass is 32.1. The van der Waals surface area contributed by atoms with Crippen LogP contribution in [0.2, 0.25) is 0 Å². The van der Waals surface area contributed by atoms with Gasteiger partial charge < -0.3 is 9.84 Å². The van der Waals surface area contributed by atoms with Gasteiger partial charge in [-0.3, -0.25) is 20.2 Å². The van der Waals surface area contributed by atoms with Crippen LogP contribution in [0.15, 0.2) is 47.8 Å². The average molecular weight is 399 g/mol. The monoisotopic (exact) mass is 399 g/mol. The summed E-state index contributed by atoms with van der Waals surface area (Å²) in [6.07, 6.45) is 0. The molecule has 1 amide bonds. The summed E-state index contributed by atoms with van der Waals surface area (Å²) < 4.78 is 5.10. The predicted molar refractivity (Wildman–Crippen MR) is 102 cm³/mol. The Morgan fingerprint density at radius 3 is 2.54 bits per heavy atom. The Morgan fingerprint density at radius 1 is 1.21 bits per heavy atom. The van der Waals surface area contributed by atoms with Crippen molar-refractivity contribution in [2.75, 3.05) is 12.4 Å². The molecule has 28 heavy (non-hydrogen) atoms. The van der Waals surface area contributed by atoms with Crippen LogP contribution < -0.4 is 10.1 Å². The molecule has 0 aliphatic heterocycles. The summed E-state index contributed by atoms with van der Waals surface area (Å²) >= 11 is 1.15. The van der Waals surface area contributed by atoms with Gasteiger partial charge in [-0.15, -0.1) is 11.3 Å². The Balaban J connectivity index is 1.86. The van der Waals surface area contributed by atoms with Crippen LogP contribution in [-0.2, 0) is 0 Å². The van der Waals surface area contributed by atoms with Gasteiger partial charge in [0.15, 0.2) is 5.13 Å². The fraction of sp³-hybridized carbons (Fsp3) is 0.0556. The second-order valence-corrected chi connectivity index (χ2v) is 6.34.